The summed E-state index contributed by atoms with van der Waals surface area (Å²) in [6.45, 7) is 5.61. The number of halogens is 4. The lowest BCUT2D eigenvalue weighted by atomic mass is 10.2. The minimum atomic E-state index is -0.353. The van der Waals surface area contributed by atoms with Crippen molar-refractivity contribution in [3.63, 3.8) is 0 Å². The lowest BCUT2D eigenvalue weighted by Gasteiger charge is -2.12. The molecule has 0 atom stereocenters. The molecule has 2 heterocycles. The maximum Gasteiger partial charge on any atom is 0.150 e. The first-order valence-electron chi connectivity index (χ1n) is 6.48. The number of fused-ring (bicyclic) bond motifs is 1. The molecule has 0 aliphatic carbocycles. The molecule has 0 aliphatic rings. The van der Waals surface area contributed by atoms with Crippen molar-refractivity contribution in [2.75, 3.05) is 0 Å². The summed E-state index contributed by atoms with van der Waals surface area (Å²) in [5.41, 5.74) is 2.83. The Morgan fingerprint density at radius 1 is 1.14 bits per heavy atom. The fraction of sp³-hybridized carbons (Fsp3) is 0.200. The standard InChI is InChI=1S/C15H11Br2ClFN3/c1-6-7(2)22(13-10(17)4-9(16)5-11(13)19)15-12(6)14(18)20-8(3)21-15/h4-5H,1-3H3. The summed E-state index contributed by atoms with van der Waals surface area (Å²) >= 11 is 13.0. The second-order valence-corrected chi connectivity index (χ2v) is 7.15. The van der Waals surface area contributed by atoms with E-state index in [4.69, 9.17) is 11.6 Å². The molecule has 0 N–H and O–H groups in total. The molecule has 0 radical (unpaired) electrons. The van der Waals surface area contributed by atoms with Crippen molar-refractivity contribution < 1.29 is 4.39 Å². The topological polar surface area (TPSA) is 30.7 Å². The predicted molar refractivity (Wildman–Crippen MR) is 93.4 cm³/mol. The van der Waals surface area contributed by atoms with Crippen LogP contribution in [0, 0.1) is 26.6 Å². The van der Waals surface area contributed by atoms with Gasteiger partial charge < -0.3 is 0 Å². The highest BCUT2D eigenvalue weighted by molar-refractivity contribution is 9.11. The molecule has 3 nitrogen and oxygen atoms in total. The van der Waals surface area contributed by atoms with Gasteiger partial charge in [-0.1, -0.05) is 27.5 Å². The summed E-state index contributed by atoms with van der Waals surface area (Å²) < 4.78 is 17.6. The second kappa shape index (κ2) is 5.58. The van der Waals surface area contributed by atoms with E-state index in [2.05, 4.69) is 41.8 Å². The zero-order valence-electron chi connectivity index (χ0n) is 12.0. The van der Waals surface area contributed by atoms with Crippen molar-refractivity contribution in [1.82, 2.24) is 14.5 Å². The zero-order chi connectivity index (χ0) is 16.2. The van der Waals surface area contributed by atoms with E-state index in [1.807, 2.05) is 13.8 Å². The summed E-state index contributed by atoms with van der Waals surface area (Å²) in [6, 6.07) is 3.23. The maximum absolute atomic E-state index is 14.6. The van der Waals surface area contributed by atoms with Crippen LogP contribution in [0.4, 0.5) is 4.39 Å². The first kappa shape index (κ1) is 15.9. The number of hydrogen-bond donors (Lipinski definition) is 0. The van der Waals surface area contributed by atoms with Gasteiger partial charge in [0, 0.05) is 14.6 Å². The van der Waals surface area contributed by atoms with Crippen LogP contribution < -0.4 is 0 Å². The molecule has 0 saturated heterocycles. The fourth-order valence-corrected chi connectivity index (χ4v) is 4.24. The van der Waals surface area contributed by atoms with Crippen LogP contribution >= 0.6 is 43.5 Å². The molecule has 0 bridgehead atoms. The predicted octanol–water partition coefficient (Wildman–Crippen LogP) is 5.66. The lowest BCUT2D eigenvalue weighted by molar-refractivity contribution is 0.616. The number of aryl methyl sites for hydroxylation is 2. The summed E-state index contributed by atoms with van der Waals surface area (Å²) in [6.07, 6.45) is 0. The molecule has 0 saturated carbocycles. The van der Waals surface area contributed by atoms with Gasteiger partial charge in [-0.3, -0.25) is 4.57 Å². The van der Waals surface area contributed by atoms with E-state index in [1.165, 1.54) is 6.07 Å². The highest BCUT2D eigenvalue weighted by Gasteiger charge is 2.21. The van der Waals surface area contributed by atoms with Gasteiger partial charge in [0.25, 0.3) is 0 Å². The van der Waals surface area contributed by atoms with Gasteiger partial charge in [0.1, 0.15) is 22.4 Å². The monoisotopic (exact) mass is 445 g/mol. The summed E-state index contributed by atoms with van der Waals surface area (Å²) in [5.74, 6) is 0.193. The van der Waals surface area contributed by atoms with Crippen LogP contribution in [0.25, 0.3) is 16.7 Å². The van der Waals surface area contributed by atoms with E-state index >= 15 is 0 Å². The van der Waals surface area contributed by atoms with Gasteiger partial charge in [0.05, 0.1) is 11.1 Å². The molecule has 0 unspecified atom stereocenters. The van der Waals surface area contributed by atoms with Crippen molar-refractivity contribution >= 4 is 54.5 Å². The Bertz CT molecular complexity index is 898. The number of aromatic nitrogens is 3. The van der Waals surface area contributed by atoms with Crippen LogP contribution in [0.5, 0.6) is 0 Å². The van der Waals surface area contributed by atoms with Crippen molar-refractivity contribution in [3.05, 3.63) is 49.1 Å². The van der Waals surface area contributed by atoms with Gasteiger partial charge in [-0.2, -0.15) is 0 Å². The Hall–Kier alpha value is -0.980. The highest BCUT2D eigenvalue weighted by atomic mass is 79.9. The molecule has 2 aromatic heterocycles. The molecule has 0 fully saturated rings. The average molecular weight is 448 g/mol. The van der Waals surface area contributed by atoms with Gasteiger partial charge >= 0.3 is 0 Å². The fourth-order valence-electron chi connectivity index (χ4n) is 2.54. The number of rotatable bonds is 1. The molecule has 3 rings (SSSR count). The number of benzene rings is 1. The van der Waals surface area contributed by atoms with Gasteiger partial charge in [-0.05, 0) is 54.4 Å². The molecule has 3 aromatic rings. The molecule has 7 heteroatoms. The highest BCUT2D eigenvalue weighted by Crippen LogP contribution is 2.36. The molecule has 22 heavy (non-hydrogen) atoms. The normalized spacial score (nSPS) is 11.4. The first-order chi connectivity index (χ1) is 10.3. The molecule has 0 spiro atoms. The molecular weight excluding hydrogens is 436 g/mol. The summed E-state index contributed by atoms with van der Waals surface area (Å²) in [4.78, 5) is 8.67. The number of nitrogens with zero attached hydrogens (tertiary/aromatic N) is 3. The Kier molecular flexibility index (Phi) is 4.03. The lowest BCUT2D eigenvalue weighted by Crippen LogP contribution is -2.03. The third kappa shape index (κ3) is 2.37. The van der Waals surface area contributed by atoms with Gasteiger partial charge in [0.15, 0.2) is 0 Å². The van der Waals surface area contributed by atoms with Crippen LogP contribution in [-0.4, -0.2) is 14.5 Å². The van der Waals surface area contributed by atoms with E-state index in [0.29, 0.717) is 31.3 Å². The SMILES string of the molecule is Cc1nc(Cl)c2c(C)c(C)n(-c3c(F)cc(Br)cc3Br)c2n1. The van der Waals surface area contributed by atoms with Crippen LogP contribution in [0.15, 0.2) is 21.1 Å². The largest absolute Gasteiger partial charge is 0.294 e. The Morgan fingerprint density at radius 2 is 1.82 bits per heavy atom. The smallest absolute Gasteiger partial charge is 0.150 e. The Labute approximate surface area is 148 Å². The Morgan fingerprint density at radius 3 is 2.45 bits per heavy atom. The maximum atomic E-state index is 14.6. The van der Waals surface area contributed by atoms with E-state index in [-0.39, 0.29) is 5.82 Å². The summed E-state index contributed by atoms with van der Waals surface area (Å²) in [5, 5.41) is 1.13. The van der Waals surface area contributed by atoms with Crippen LogP contribution in [0.2, 0.25) is 5.15 Å². The van der Waals surface area contributed by atoms with Gasteiger partial charge in [-0.15, -0.1) is 0 Å². The van der Waals surface area contributed by atoms with Crippen LogP contribution in [0.1, 0.15) is 17.1 Å². The average Bonchev–Trinajstić information content (AvgIpc) is 2.62. The molecule has 0 amide bonds. The van der Waals surface area contributed by atoms with Crippen LogP contribution in [-0.2, 0) is 0 Å². The van der Waals surface area contributed by atoms with Crippen molar-refractivity contribution in [2.45, 2.75) is 20.8 Å². The Balaban J connectivity index is 2.50. The van der Waals surface area contributed by atoms with Crippen molar-refractivity contribution in [3.8, 4) is 5.69 Å². The minimum absolute atomic E-state index is 0.353. The van der Waals surface area contributed by atoms with Gasteiger partial charge in [0.2, 0.25) is 0 Å². The quantitative estimate of drug-likeness (QED) is 0.451. The molecule has 0 aliphatic heterocycles. The van der Waals surface area contributed by atoms with Gasteiger partial charge in [-0.25, -0.2) is 14.4 Å². The van der Waals surface area contributed by atoms with Crippen molar-refractivity contribution in [2.24, 2.45) is 0 Å². The molecule has 1 aromatic carbocycles. The minimum Gasteiger partial charge on any atom is -0.294 e. The second-order valence-electron chi connectivity index (χ2n) is 5.02. The van der Waals surface area contributed by atoms with E-state index in [9.17, 15) is 4.39 Å². The molecular formula is C15H11Br2ClFN3. The van der Waals surface area contributed by atoms with Crippen molar-refractivity contribution in [1.29, 1.82) is 0 Å². The third-order valence-corrected chi connectivity index (χ3v) is 4.96. The third-order valence-electron chi connectivity index (χ3n) is 3.63. The zero-order valence-corrected chi connectivity index (χ0v) is 15.9. The number of hydrogen-bond acceptors (Lipinski definition) is 2. The van der Waals surface area contributed by atoms with E-state index < -0.39 is 0 Å². The van der Waals surface area contributed by atoms with Crippen LogP contribution in [0.3, 0.4) is 0 Å². The molecule has 114 valence electrons. The van der Waals surface area contributed by atoms with E-state index in [0.717, 1.165) is 16.6 Å². The first-order valence-corrected chi connectivity index (χ1v) is 8.44. The van der Waals surface area contributed by atoms with E-state index in [1.54, 1.807) is 17.6 Å². The summed E-state index contributed by atoms with van der Waals surface area (Å²) in [7, 11) is 0.